The normalized spacial score (nSPS) is 12.6. The molecule has 0 aliphatic heterocycles. The number of unbranched alkanes of at least 4 members (excludes halogenated alkanes) is 12. The van der Waals surface area contributed by atoms with Crippen LogP contribution in [0.3, 0.4) is 0 Å². The molecule has 0 aliphatic rings. The van der Waals surface area contributed by atoms with Crippen molar-refractivity contribution in [2.45, 2.75) is 156 Å². The van der Waals surface area contributed by atoms with E-state index in [0.29, 0.717) is 0 Å². The van der Waals surface area contributed by atoms with Crippen molar-refractivity contribution in [1.29, 1.82) is 0 Å². The molecular weight excluding hydrogens is 449 g/mol. The Labute approximate surface area is 208 Å². The maximum atomic E-state index is 3.89. The van der Waals surface area contributed by atoms with Crippen LogP contribution in [0.1, 0.15) is 156 Å². The fourth-order valence-corrected chi connectivity index (χ4v) is 3.82. The van der Waals surface area contributed by atoms with Gasteiger partial charge in [0.15, 0.2) is 0 Å². The minimum absolute atomic E-state index is 0. The zero-order chi connectivity index (χ0) is 21.3. The minimum Gasteiger partial charge on any atom is -0.343 e. The molecule has 0 nitrogen and oxygen atoms in total. The van der Waals surface area contributed by atoms with Gasteiger partial charge in [-0.1, -0.05) is 143 Å². The molecule has 0 aliphatic carbocycles. The van der Waals surface area contributed by atoms with Gasteiger partial charge in [-0.3, -0.25) is 0 Å². The third-order valence-electron chi connectivity index (χ3n) is 5.99. The number of rotatable bonds is 20. The molecule has 0 saturated heterocycles. The summed E-state index contributed by atoms with van der Waals surface area (Å²) in [5, 5.41) is 0. The Kier molecular flexibility index (Phi) is 37.0. The summed E-state index contributed by atoms with van der Waals surface area (Å²) < 4.78 is 0. The van der Waals surface area contributed by atoms with Gasteiger partial charge < -0.3 is 13.8 Å². The summed E-state index contributed by atoms with van der Waals surface area (Å²) in [6.45, 7) is 17.1. The summed E-state index contributed by atoms with van der Waals surface area (Å²) >= 11 is 0. The average Bonchev–Trinajstić information content (AvgIpc) is 2.70. The minimum atomic E-state index is 0. The van der Waals surface area contributed by atoms with Crippen LogP contribution >= 0.6 is 0 Å². The van der Waals surface area contributed by atoms with Gasteiger partial charge in [-0.05, 0) is 11.8 Å². The van der Waals surface area contributed by atoms with Gasteiger partial charge >= 0.3 is 27.3 Å². The molecule has 2 atom stereocenters. The van der Waals surface area contributed by atoms with E-state index in [4.69, 9.17) is 0 Å². The Bertz CT molecular complexity index is 225. The van der Waals surface area contributed by atoms with E-state index in [1.807, 2.05) is 0 Å². The van der Waals surface area contributed by atoms with E-state index in [1.54, 1.807) is 0 Å². The first-order chi connectivity index (χ1) is 13.6. The largest absolute Gasteiger partial charge is 2.00 e. The molecule has 0 aromatic heterocycles. The smallest absolute Gasteiger partial charge is 0.343 e. The van der Waals surface area contributed by atoms with Crippen molar-refractivity contribution < 1.29 is 27.3 Å². The maximum Gasteiger partial charge on any atom is 2.00 e. The van der Waals surface area contributed by atoms with Crippen molar-refractivity contribution in [1.82, 2.24) is 0 Å². The SMILES string of the molecule is [CH2-]CCCC(C)CCCCCCCC.[CH2-]CCCC(C)CCCCCCCC.[Cd+2]. The Balaban J connectivity index is -0.000000451. The number of hydrogen-bond acceptors (Lipinski definition) is 0. The Morgan fingerprint density at radius 2 is 0.724 bits per heavy atom. The monoisotopic (exact) mass is 508 g/mol. The first kappa shape index (κ1) is 34.5. The molecule has 0 radical (unpaired) electrons. The van der Waals surface area contributed by atoms with Gasteiger partial charge in [0.25, 0.3) is 0 Å². The van der Waals surface area contributed by atoms with E-state index in [-0.39, 0.29) is 27.3 Å². The molecule has 0 spiro atoms. The van der Waals surface area contributed by atoms with E-state index < -0.39 is 0 Å². The van der Waals surface area contributed by atoms with Crippen LogP contribution in [0.15, 0.2) is 0 Å². The zero-order valence-corrected chi connectivity index (χ0v) is 25.5. The fraction of sp³-hybridized carbons (Fsp3) is 0.929. The van der Waals surface area contributed by atoms with E-state index in [9.17, 15) is 0 Å². The Morgan fingerprint density at radius 1 is 0.448 bits per heavy atom. The molecule has 1 heteroatoms. The van der Waals surface area contributed by atoms with Gasteiger partial charge in [0, 0.05) is 0 Å². The first-order valence-corrected chi connectivity index (χ1v) is 13.2. The quantitative estimate of drug-likeness (QED) is 0.0874. The molecule has 0 saturated carbocycles. The van der Waals surface area contributed by atoms with Crippen molar-refractivity contribution in [2.24, 2.45) is 11.8 Å². The van der Waals surface area contributed by atoms with E-state index >= 15 is 0 Å². The van der Waals surface area contributed by atoms with Crippen molar-refractivity contribution in [3.63, 3.8) is 0 Å². The topological polar surface area (TPSA) is 0 Å². The summed E-state index contributed by atoms with van der Waals surface area (Å²) in [5.74, 6) is 1.87. The summed E-state index contributed by atoms with van der Waals surface area (Å²) in [6.07, 6.45) is 27.7. The second-order valence-electron chi connectivity index (χ2n) is 9.31. The second kappa shape index (κ2) is 31.1. The molecule has 29 heavy (non-hydrogen) atoms. The molecule has 0 aromatic carbocycles. The second-order valence-corrected chi connectivity index (χ2v) is 9.31. The van der Waals surface area contributed by atoms with Gasteiger partial charge in [0.1, 0.15) is 0 Å². The van der Waals surface area contributed by atoms with Crippen molar-refractivity contribution in [3.8, 4) is 0 Å². The molecule has 0 fully saturated rings. The van der Waals surface area contributed by atoms with Crippen LogP contribution in [0, 0.1) is 25.7 Å². The molecule has 0 amide bonds. The third kappa shape index (κ3) is 33.8. The predicted octanol–water partition coefficient (Wildman–Crippen LogP) is 10.8. The standard InChI is InChI=1S/2C14H29.Cd/c2*1-4-6-8-9-10-11-13-14(3)12-7-5-2;/h2*14H,2,4-13H2,1,3H3;/q2*-1;+2. The van der Waals surface area contributed by atoms with Crippen LogP contribution in [0.2, 0.25) is 0 Å². The van der Waals surface area contributed by atoms with E-state index in [2.05, 4.69) is 41.5 Å². The van der Waals surface area contributed by atoms with Crippen molar-refractivity contribution in [3.05, 3.63) is 13.8 Å². The van der Waals surface area contributed by atoms with Crippen LogP contribution in [0.5, 0.6) is 0 Å². The molecule has 0 bridgehead atoms. The average molecular weight is 507 g/mol. The van der Waals surface area contributed by atoms with Crippen LogP contribution in [-0.4, -0.2) is 0 Å². The van der Waals surface area contributed by atoms with Crippen LogP contribution in [0.25, 0.3) is 0 Å². The number of hydrogen-bond donors (Lipinski definition) is 0. The van der Waals surface area contributed by atoms with Gasteiger partial charge in [-0.25, -0.2) is 0 Å². The van der Waals surface area contributed by atoms with Crippen LogP contribution < -0.4 is 0 Å². The van der Waals surface area contributed by atoms with Crippen LogP contribution in [-0.2, 0) is 27.3 Å². The fourth-order valence-electron chi connectivity index (χ4n) is 3.82. The molecule has 0 N–H and O–H groups in total. The van der Waals surface area contributed by atoms with Gasteiger partial charge in [-0.2, -0.15) is 12.8 Å². The Hall–Kier alpha value is 0.922. The van der Waals surface area contributed by atoms with Gasteiger partial charge in [0.2, 0.25) is 0 Å². The molecule has 172 valence electrons. The summed E-state index contributed by atoms with van der Waals surface area (Å²) in [6, 6.07) is 0. The van der Waals surface area contributed by atoms with Crippen molar-refractivity contribution >= 4 is 0 Å². The summed E-state index contributed by atoms with van der Waals surface area (Å²) in [5.41, 5.74) is 0. The first-order valence-electron chi connectivity index (χ1n) is 13.2. The molecule has 2 unspecified atom stereocenters. The Morgan fingerprint density at radius 3 is 1.03 bits per heavy atom. The van der Waals surface area contributed by atoms with E-state index in [1.165, 1.54) is 116 Å². The summed E-state index contributed by atoms with van der Waals surface area (Å²) in [7, 11) is 0. The molecule has 0 heterocycles. The molecule has 0 aromatic rings. The van der Waals surface area contributed by atoms with Crippen molar-refractivity contribution in [2.75, 3.05) is 0 Å². The molecular formula is C28H58Cd. The van der Waals surface area contributed by atoms with E-state index in [0.717, 1.165) is 24.7 Å². The third-order valence-corrected chi connectivity index (χ3v) is 5.99. The van der Waals surface area contributed by atoms with Gasteiger partial charge in [0.05, 0.1) is 0 Å². The maximum absolute atomic E-state index is 3.89. The van der Waals surface area contributed by atoms with Gasteiger partial charge in [-0.15, -0.1) is 0 Å². The van der Waals surface area contributed by atoms with Crippen LogP contribution in [0.4, 0.5) is 0 Å². The summed E-state index contributed by atoms with van der Waals surface area (Å²) in [4.78, 5) is 0. The zero-order valence-electron chi connectivity index (χ0n) is 21.4. The predicted molar refractivity (Wildman–Crippen MR) is 133 cm³/mol. The molecule has 0 rings (SSSR count).